The quantitative estimate of drug-likeness (QED) is 0.150. The fourth-order valence-corrected chi connectivity index (χ4v) is 2.86. The Bertz CT molecular complexity index is 758. The molecule has 1 aromatic rings. The fourth-order valence-electron chi connectivity index (χ4n) is 2.51. The molecule has 0 heterocycles. The second-order valence-electron chi connectivity index (χ2n) is 7.06. The average Bonchev–Trinajstić information content (AvgIpc) is 2.74. The molecule has 0 aliphatic carbocycles. The number of nitrogens with two attached hydrogens (primary N) is 2. The van der Waals surface area contributed by atoms with E-state index in [1.165, 1.54) is 12.1 Å². The molecule has 1 rings (SSSR count). The number of carbonyl (C=O) groups is 2. The number of benzene rings is 1. The molecule has 0 radical (unpaired) electrons. The SMILES string of the molecule is CCN(CC)CCCCC(CC(=O)O)C(=O)O.Cc1ccc(OS(=O)(=O)O)cc1.NCCN.[Pt+2]. The number of rotatable bonds is 13. The number of hydrogen-bond donors (Lipinski definition) is 5. The maximum atomic E-state index is 10.8. The minimum Gasteiger partial charge on any atom is -0.481 e. The summed E-state index contributed by atoms with van der Waals surface area (Å²) in [6.07, 6.45) is 1.86. The Kier molecular flexibility index (Phi) is 23.9. The van der Waals surface area contributed by atoms with Gasteiger partial charge in [-0.25, -0.2) is 0 Å². The topological polar surface area (TPSA) is 193 Å². The van der Waals surface area contributed by atoms with Crippen molar-refractivity contribution in [3.05, 3.63) is 29.8 Å². The zero-order valence-corrected chi connectivity index (χ0v) is 23.0. The van der Waals surface area contributed by atoms with E-state index in [0.29, 0.717) is 19.5 Å². The largest absolute Gasteiger partial charge is 2.00 e. The van der Waals surface area contributed by atoms with Gasteiger partial charge in [0.25, 0.3) is 0 Å². The second kappa shape index (κ2) is 21.9. The van der Waals surface area contributed by atoms with Crippen LogP contribution in [0.15, 0.2) is 24.3 Å². The number of nitrogens with zero attached hydrogens (tertiary/aromatic N) is 1. The van der Waals surface area contributed by atoms with Crippen molar-refractivity contribution < 1.29 is 58.0 Å². The number of carboxylic acids is 2. The van der Waals surface area contributed by atoms with Crippen LogP contribution in [0.5, 0.6) is 5.75 Å². The van der Waals surface area contributed by atoms with Gasteiger partial charge in [0.1, 0.15) is 5.75 Å². The van der Waals surface area contributed by atoms with Crippen molar-refractivity contribution in [2.45, 2.75) is 46.5 Å². The maximum Gasteiger partial charge on any atom is 2.00 e. The van der Waals surface area contributed by atoms with Gasteiger partial charge in [0.05, 0.1) is 12.3 Å². The van der Waals surface area contributed by atoms with Crippen molar-refractivity contribution in [3.63, 3.8) is 0 Å². The molecule has 0 spiro atoms. The normalized spacial score (nSPS) is 11.1. The van der Waals surface area contributed by atoms with E-state index in [2.05, 4.69) is 22.9 Å². The van der Waals surface area contributed by atoms with E-state index < -0.39 is 28.3 Å². The first-order valence-electron chi connectivity index (χ1n) is 10.7. The number of unbranched alkanes of at least 4 members (excludes halogenated alkanes) is 1. The number of hydrogen-bond acceptors (Lipinski definition) is 8. The predicted octanol–water partition coefficient (Wildman–Crippen LogP) is 1.75. The Morgan fingerprint density at radius 3 is 1.88 bits per heavy atom. The number of aryl methyl sites for hydroxylation is 1. The molecule has 0 bridgehead atoms. The van der Waals surface area contributed by atoms with Gasteiger partial charge in [0.15, 0.2) is 0 Å². The predicted molar refractivity (Wildman–Crippen MR) is 126 cm³/mol. The summed E-state index contributed by atoms with van der Waals surface area (Å²) in [5.74, 6) is -2.69. The van der Waals surface area contributed by atoms with Crippen LogP contribution in [0, 0.1) is 12.8 Å². The first kappa shape index (κ1) is 37.0. The Morgan fingerprint density at radius 2 is 1.53 bits per heavy atom. The molecule has 1 unspecified atom stereocenters. The molecule has 1 atom stereocenters. The molecule has 7 N–H and O–H groups in total. The van der Waals surface area contributed by atoms with Gasteiger partial charge < -0.3 is 30.8 Å². The summed E-state index contributed by atoms with van der Waals surface area (Å²) in [5, 5.41) is 17.4. The molecule has 0 aromatic heterocycles. The van der Waals surface area contributed by atoms with Crippen LogP contribution in [-0.2, 0) is 41.1 Å². The van der Waals surface area contributed by atoms with Crippen LogP contribution in [0.1, 0.15) is 45.1 Å². The molecule has 200 valence electrons. The van der Waals surface area contributed by atoms with Crippen molar-refractivity contribution in [1.29, 1.82) is 0 Å². The maximum absolute atomic E-state index is 10.8. The third-order valence-corrected chi connectivity index (χ3v) is 4.73. The monoisotopic (exact) mass is 688 g/mol. The van der Waals surface area contributed by atoms with E-state index in [4.69, 9.17) is 26.2 Å². The number of carboxylic acid groups (broad SMARTS) is 2. The molecule has 0 aliphatic rings. The third-order valence-electron chi connectivity index (χ3n) is 4.33. The Labute approximate surface area is 217 Å². The molecule has 13 heteroatoms. The Hall–Kier alpha value is -1.56. The molecule has 0 amide bonds. The van der Waals surface area contributed by atoms with Crippen molar-refractivity contribution in [2.75, 3.05) is 32.7 Å². The van der Waals surface area contributed by atoms with Crippen LogP contribution in [0.3, 0.4) is 0 Å². The standard InChI is InChI=1S/C12H23NO4.C7H8O4S.C2H8N2.Pt/c1-3-13(4-2)8-6-5-7-10(12(16)17)9-11(14)15;1-6-2-4-7(5-3-6)11-12(8,9)10;3-1-2-4;/h10H,3-9H2,1-2H3,(H,14,15)(H,16,17);2-5H,1H3,(H,8,9,10);1-4H2;/q;;;+2. The smallest absolute Gasteiger partial charge is 0.481 e. The molecule has 0 saturated heterocycles. The van der Waals surface area contributed by atoms with Crippen LogP contribution in [-0.4, -0.2) is 72.7 Å². The van der Waals surface area contributed by atoms with Gasteiger partial charge in [-0.3, -0.25) is 14.1 Å². The van der Waals surface area contributed by atoms with E-state index in [0.717, 1.165) is 38.0 Å². The van der Waals surface area contributed by atoms with Crippen LogP contribution in [0.2, 0.25) is 0 Å². The zero-order chi connectivity index (χ0) is 25.9. The van der Waals surface area contributed by atoms with E-state index in [1.807, 2.05) is 6.92 Å². The van der Waals surface area contributed by atoms with E-state index >= 15 is 0 Å². The second-order valence-corrected chi connectivity index (χ2v) is 8.08. The molecular formula is C21H39N3O8PtS+2. The summed E-state index contributed by atoms with van der Waals surface area (Å²) in [5.41, 5.74) is 10.8. The van der Waals surface area contributed by atoms with Crippen molar-refractivity contribution in [3.8, 4) is 5.75 Å². The van der Waals surface area contributed by atoms with Crippen LogP contribution in [0.25, 0.3) is 0 Å². The molecular weight excluding hydrogens is 649 g/mol. The van der Waals surface area contributed by atoms with Crippen molar-refractivity contribution >= 4 is 22.3 Å². The molecule has 11 nitrogen and oxygen atoms in total. The average molecular weight is 689 g/mol. The first-order valence-corrected chi connectivity index (χ1v) is 12.1. The fraction of sp³-hybridized carbons (Fsp3) is 0.619. The van der Waals surface area contributed by atoms with E-state index in [1.54, 1.807) is 12.1 Å². The molecule has 1 aromatic carbocycles. The molecule has 34 heavy (non-hydrogen) atoms. The summed E-state index contributed by atoms with van der Waals surface area (Å²) in [6, 6.07) is 6.28. The third kappa shape index (κ3) is 23.6. The summed E-state index contributed by atoms with van der Waals surface area (Å²) in [7, 11) is -4.39. The van der Waals surface area contributed by atoms with Gasteiger partial charge in [-0.15, -0.1) is 0 Å². The van der Waals surface area contributed by atoms with Gasteiger partial charge in [-0.2, -0.15) is 8.42 Å². The minimum atomic E-state index is -4.39. The van der Waals surface area contributed by atoms with Crippen molar-refractivity contribution in [1.82, 2.24) is 4.90 Å². The van der Waals surface area contributed by atoms with Gasteiger partial charge >= 0.3 is 43.4 Å². The molecule has 0 aliphatic heterocycles. The minimum absolute atomic E-state index is 0. The summed E-state index contributed by atoms with van der Waals surface area (Å²) >= 11 is 0. The van der Waals surface area contributed by atoms with Crippen LogP contribution < -0.4 is 15.7 Å². The van der Waals surface area contributed by atoms with Crippen LogP contribution in [0.4, 0.5) is 0 Å². The molecule has 0 saturated carbocycles. The first-order chi connectivity index (χ1) is 15.4. The van der Waals surface area contributed by atoms with E-state index in [-0.39, 0.29) is 33.2 Å². The summed E-state index contributed by atoms with van der Waals surface area (Å²) in [4.78, 5) is 23.5. The van der Waals surface area contributed by atoms with Crippen molar-refractivity contribution in [2.24, 2.45) is 17.4 Å². The Balaban J connectivity index is -0.000000492. The van der Waals surface area contributed by atoms with Crippen LogP contribution >= 0.6 is 0 Å². The van der Waals surface area contributed by atoms with Gasteiger partial charge in [-0.05, 0) is 51.5 Å². The zero-order valence-electron chi connectivity index (χ0n) is 20.0. The summed E-state index contributed by atoms with van der Waals surface area (Å²) in [6.45, 7) is 10.2. The van der Waals surface area contributed by atoms with E-state index in [9.17, 15) is 18.0 Å². The van der Waals surface area contributed by atoms with Gasteiger partial charge in [0.2, 0.25) is 0 Å². The van der Waals surface area contributed by atoms with Gasteiger partial charge in [-0.1, -0.05) is 38.0 Å². The number of aliphatic carboxylic acids is 2. The Morgan fingerprint density at radius 1 is 1.03 bits per heavy atom. The summed E-state index contributed by atoms with van der Waals surface area (Å²) < 4.78 is 32.9. The molecule has 0 fully saturated rings. The van der Waals surface area contributed by atoms with Gasteiger partial charge in [0, 0.05) is 13.1 Å².